The zero-order valence-corrected chi connectivity index (χ0v) is 12.7. The average molecular weight is 290 g/mol. The number of nitrogens with one attached hydrogen (secondary N) is 2. The lowest BCUT2D eigenvalue weighted by Crippen LogP contribution is -2.48. The van der Waals surface area contributed by atoms with E-state index in [4.69, 9.17) is 5.11 Å². The van der Waals surface area contributed by atoms with E-state index in [1.165, 1.54) is 0 Å². The Morgan fingerprint density at radius 2 is 2.21 bits per heavy atom. The highest BCUT2D eigenvalue weighted by molar-refractivity contribution is 7.85. The average Bonchev–Trinajstić information content (AvgIpc) is 2.38. The topological polar surface area (TPSA) is 78.4 Å². The van der Waals surface area contributed by atoms with Gasteiger partial charge in [-0.25, -0.2) is 4.79 Å². The summed E-state index contributed by atoms with van der Waals surface area (Å²) in [4.78, 5) is 11.8. The van der Waals surface area contributed by atoms with Crippen LogP contribution in [0.15, 0.2) is 0 Å². The second-order valence-corrected chi connectivity index (χ2v) is 7.19. The minimum absolute atomic E-state index is 0.0332. The maximum Gasteiger partial charge on any atom is 0.315 e. The van der Waals surface area contributed by atoms with E-state index in [1.807, 2.05) is 13.8 Å². The van der Waals surface area contributed by atoms with Crippen molar-refractivity contribution in [2.24, 2.45) is 0 Å². The summed E-state index contributed by atoms with van der Waals surface area (Å²) in [6.07, 6.45) is 4.34. The lowest BCUT2D eigenvalue weighted by molar-refractivity contribution is 0.224. The first-order valence-electron chi connectivity index (χ1n) is 7.11. The van der Waals surface area contributed by atoms with Gasteiger partial charge in [-0.15, -0.1) is 0 Å². The molecule has 1 aliphatic rings. The van der Waals surface area contributed by atoms with Crippen molar-refractivity contribution in [2.45, 2.75) is 63.3 Å². The van der Waals surface area contributed by atoms with Crippen LogP contribution in [0.5, 0.6) is 0 Å². The molecular formula is C13H26N2O3S. The molecule has 4 atom stereocenters. The Morgan fingerprint density at radius 3 is 2.84 bits per heavy atom. The summed E-state index contributed by atoms with van der Waals surface area (Å²) >= 11 is 0. The molecule has 1 rings (SSSR count). The summed E-state index contributed by atoms with van der Waals surface area (Å²) in [5.74, 6) is 0.692. The highest BCUT2D eigenvalue weighted by Gasteiger charge is 2.26. The van der Waals surface area contributed by atoms with Crippen LogP contribution in [0.2, 0.25) is 0 Å². The van der Waals surface area contributed by atoms with Gasteiger partial charge in [0.1, 0.15) is 0 Å². The monoisotopic (exact) mass is 290 g/mol. The quantitative estimate of drug-likeness (QED) is 0.686. The van der Waals surface area contributed by atoms with E-state index in [-0.39, 0.29) is 30.0 Å². The van der Waals surface area contributed by atoms with E-state index in [9.17, 15) is 9.00 Å². The lowest BCUT2D eigenvalue weighted by atomic mass is 9.95. The standard InChI is InChI=1S/C13H26N2O3S/c1-3-19(18)12-6-4-5-11(9-12)15-13(17)14-10(2)7-8-16/h10-12,16H,3-9H2,1-2H3,(H2,14,15,17)/t10-,11?,12?,19?/m1/s1. The SMILES string of the molecule is CCS(=O)C1CCCC(NC(=O)N[C@H](C)CCO)C1. The predicted octanol–water partition coefficient (Wildman–Crippen LogP) is 1.14. The molecule has 19 heavy (non-hydrogen) atoms. The summed E-state index contributed by atoms with van der Waals surface area (Å²) in [7, 11) is -0.767. The van der Waals surface area contributed by atoms with Gasteiger partial charge in [0.05, 0.1) is 0 Å². The molecule has 0 aliphatic heterocycles. The van der Waals surface area contributed by atoms with Crippen molar-refractivity contribution in [3.8, 4) is 0 Å². The van der Waals surface area contributed by atoms with Crippen molar-refractivity contribution >= 4 is 16.8 Å². The van der Waals surface area contributed by atoms with E-state index >= 15 is 0 Å². The third-order valence-corrected chi connectivity index (χ3v) is 5.30. The van der Waals surface area contributed by atoms with Gasteiger partial charge in [0.2, 0.25) is 0 Å². The minimum Gasteiger partial charge on any atom is -0.396 e. The number of aliphatic hydroxyl groups is 1. The first-order valence-corrected chi connectivity index (χ1v) is 8.50. The lowest BCUT2D eigenvalue weighted by Gasteiger charge is -2.29. The number of carbonyl (C=O) groups is 1. The molecule has 1 saturated carbocycles. The first kappa shape index (κ1) is 16.4. The molecule has 2 amide bonds. The first-order chi connectivity index (χ1) is 9.06. The van der Waals surface area contributed by atoms with Crippen molar-refractivity contribution in [2.75, 3.05) is 12.4 Å². The van der Waals surface area contributed by atoms with Gasteiger partial charge in [-0.3, -0.25) is 4.21 Å². The normalized spacial score (nSPS) is 26.5. The van der Waals surface area contributed by atoms with Gasteiger partial charge in [0.25, 0.3) is 0 Å². The maximum absolute atomic E-state index is 11.8. The van der Waals surface area contributed by atoms with Crippen LogP contribution in [-0.4, -0.2) is 45.0 Å². The fourth-order valence-electron chi connectivity index (χ4n) is 2.47. The van der Waals surface area contributed by atoms with Crippen LogP contribution < -0.4 is 10.6 Å². The van der Waals surface area contributed by atoms with Crippen LogP contribution in [0, 0.1) is 0 Å². The molecule has 3 unspecified atom stereocenters. The summed E-state index contributed by atoms with van der Waals surface area (Å²) in [6, 6.07) is -0.0985. The Kier molecular flexibility index (Phi) is 7.38. The zero-order valence-electron chi connectivity index (χ0n) is 11.9. The molecule has 1 fully saturated rings. The summed E-state index contributed by atoms with van der Waals surface area (Å²) < 4.78 is 11.8. The van der Waals surface area contributed by atoms with Crippen LogP contribution in [0.3, 0.4) is 0 Å². The van der Waals surface area contributed by atoms with Crippen LogP contribution in [-0.2, 0) is 10.8 Å². The Balaban J connectivity index is 2.35. The number of aliphatic hydroxyl groups excluding tert-OH is 1. The van der Waals surface area contributed by atoms with Crippen LogP contribution >= 0.6 is 0 Å². The Labute approximate surface area is 118 Å². The molecule has 0 spiro atoms. The van der Waals surface area contributed by atoms with Crippen molar-refractivity contribution in [1.82, 2.24) is 10.6 Å². The van der Waals surface area contributed by atoms with Gasteiger partial charge in [-0.05, 0) is 32.6 Å². The number of amides is 2. The summed E-state index contributed by atoms with van der Waals surface area (Å²) in [5.41, 5.74) is 0. The number of urea groups is 1. The van der Waals surface area contributed by atoms with Gasteiger partial charge >= 0.3 is 6.03 Å². The number of rotatable bonds is 6. The van der Waals surface area contributed by atoms with Crippen LogP contribution in [0.4, 0.5) is 4.79 Å². The van der Waals surface area contributed by atoms with E-state index in [0.29, 0.717) is 12.2 Å². The number of hydrogen-bond donors (Lipinski definition) is 3. The number of hydrogen-bond acceptors (Lipinski definition) is 3. The van der Waals surface area contributed by atoms with Crippen LogP contribution in [0.1, 0.15) is 46.0 Å². The van der Waals surface area contributed by atoms with Crippen LogP contribution in [0.25, 0.3) is 0 Å². The van der Waals surface area contributed by atoms with E-state index < -0.39 is 10.8 Å². The van der Waals surface area contributed by atoms with Gasteiger partial charge in [-0.2, -0.15) is 0 Å². The fourth-order valence-corrected chi connectivity index (χ4v) is 3.82. The molecule has 112 valence electrons. The molecule has 0 aromatic heterocycles. The van der Waals surface area contributed by atoms with Gasteiger partial charge in [-0.1, -0.05) is 13.3 Å². The minimum atomic E-state index is -0.767. The summed E-state index contributed by atoms with van der Waals surface area (Å²) in [6.45, 7) is 3.88. The molecular weight excluding hydrogens is 264 g/mol. The smallest absolute Gasteiger partial charge is 0.315 e. The molecule has 0 bridgehead atoms. The zero-order chi connectivity index (χ0) is 14.3. The highest BCUT2D eigenvalue weighted by Crippen LogP contribution is 2.22. The third-order valence-electron chi connectivity index (χ3n) is 3.56. The van der Waals surface area contributed by atoms with Crippen molar-refractivity contribution in [3.63, 3.8) is 0 Å². The van der Waals surface area contributed by atoms with Crippen molar-refractivity contribution in [3.05, 3.63) is 0 Å². The molecule has 6 heteroatoms. The van der Waals surface area contributed by atoms with Crippen molar-refractivity contribution < 1.29 is 14.1 Å². The second kappa shape index (κ2) is 8.53. The predicted molar refractivity (Wildman–Crippen MR) is 77.6 cm³/mol. The Hall–Kier alpha value is -0.620. The van der Waals surface area contributed by atoms with Gasteiger partial charge in [0.15, 0.2) is 0 Å². The Morgan fingerprint density at radius 1 is 1.47 bits per heavy atom. The Bertz CT molecular complexity index is 312. The molecule has 5 nitrogen and oxygen atoms in total. The second-order valence-electron chi connectivity index (χ2n) is 5.19. The van der Waals surface area contributed by atoms with Gasteiger partial charge < -0.3 is 15.7 Å². The van der Waals surface area contributed by atoms with E-state index in [0.717, 1.165) is 25.7 Å². The maximum atomic E-state index is 11.8. The molecule has 0 heterocycles. The largest absolute Gasteiger partial charge is 0.396 e. The molecule has 0 aromatic carbocycles. The summed E-state index contributed by atoms with van der Waals surface area (Å²) in [5, 5.41) is 14.8. The molecule has 1 aliphatic carbocycles. The van der Waals surface area contributed by atoms with E-state index in [2.05, 4.69) is 10.6 Å². The molecule has 0 saturated heterocycles. The fraction of sp³-hybridized carbons (Fsp3) is 0.923. The highest BCUT2D eigenvalue weighted by atomic mass is 32.2. The third kappa shape index (κ3) is 5.91. The van der Waals surface area contributed by atoms with E-state index in [1.54, 1.807) is 0 Å². The van der Waals surface area contributed by atoms with Crippen molar-refractivity contribution in [1.29, 1.82) is 0 Å². The molecule has 3 N–H and O–H groups in total. The number of carbonyl (C=O) groups excluding carboxylic acids is 1. The van der Waals surface area contributed by atoms with Gasteiger partial charge in [0, 0.05) is 40.5 Å². The molecule has 0 radical (unpaired) electrons. The molecule has 0 aromatic rings.